The summed E-state index contributed by atoms with van der Waals surface area (Å²) in [6.07, 6.45) is 6.11. The van der Waals surface area contributed by atoms with Crippen molar-refractivity contribution >= 4 is 23.3 Å². The number of anilines is 1. The Kier molecular flexibility index (Phi) is 4.68. The van der Waals surface area contributed by atoms with Gasteiger partial charge >= 0.3 is 6.03 Å². The Labute approximate surface area is 152 Å². The molecule has 2 aromatic rings. The highest BCUT2D eigenvalue weighted by molar-refractivity contribution is 6.30. The van der Waals surface area contributed by atoms with Gasteiger partial charge in [0.05, 0.1) is 12.8 Å². The van der Waals surface area contributed by atoms with Gasteiger partial charge in [0, 0.05) is 28.8 Å². The van der Waals surface area contributed by atoms with Crippen molar-refractivity contribution in [1.29, 1.82) is 0 Å². The number of amides is 2. The standard InChI is InChI=1S/C19H22ClN3O2/c20-13-3-5-14(6-4-13)21-19(24)22-15-10-16-7-8-17(11-15)23(16)12-18-2-1-9-25-18/h1-6,9,15-17H,7-8,10-12H2,(H2,21,22,24). The minimum atomic E-state index is -0.147. The van der Waals surface area contributed by atoms with E-state index >= 15 is 0 Å². The monoisotopic (exact) mass is 359 g/mol. The fourth-order valence-electron chi connectivity index (χ4n) is 4.12. The maximum Gasteiger partial charge on any atom is 0.319 e. The van der Waals surface area contributed by atoms with Crippen LogP contribution in [0.4, 0.5) is 10.5 Å². The lowest BCUT2D eigenvalue weighted by atomic mass is 9.97. The van der Waals surface area contributed by atoms with Crippen LogP contribution in [0, 0.1) is 0 Å². The number of carbonyl (C=O) groups excluding carboxylic acids is 1. The largest absolute Gasteiger partial charge is 0.468 e. The minimum absolute atomic E-state index is 0.147. The molecule has 2 unspecified atom stereocenters. The molecule has 132 valence electrons. The van der Waals surface area contributed by atoms with E-state index in [1.165, 1.54) is 12.8 Å². The van der Waals surface area contributed by atoms with Crippen molar-refractivity contribution in [2.45, 2.75) is 50.4 Å². The summed E-state index contributed by atoms with van der Waals surface area (Å²) in [7, 11) is 0. The number of urea groups is 1. The van der Waals surface area contributed by atoms with Gasteiger partial charge in [0.1, 0.15) is 5.76 Å². The Hall–Kier alpha value is -1.98. The summed E-state index contributed by atoms with van der Waals surface area (Å²) in [5.41, 5.74) is 0.750. The lowest BCUT2D eigenvalue weighted by Crippen LogP contribution is -2.50. The second kappa shape index (κ2) is 7.10. The van der Waals surface area contributed by atoms with Crippen molar-refractivity contribution in [1.82, 2.24) is 10.2 Å². The van der Waals surface area contributed by atoms with Crippen molar-refractivity contribution in [3.05, 3.63) is 53.4 Å². The predicted octanol–water partition coefficient (Wildman–Crippen LogP) is 4.25. The Morgan fingerprint density at radius 2 is 1.88 bits per heavy atom. The lowest BCUT2D eigenvalue weighted by Gasteiger charge is -2.38. The highest BCUT2D eigenvalue weighted by atomic mass is 35.5. The van der Waals surface area contributed by atoms with Crippen LogP contribution >= 0.6 is 11.6 Å². The number of nitrogens with one attached hydrogen (secondary N) is 2. The molecule has 2 atom stereocenters. The van der Waals surface area contributed by atoms with Gasteiger partial charge in [-0.25, -0.2) is 4.79 Å². The highest BCUT2D eigenvalue weighted by Gasteiger charge is 2.41. The van der Waals surface area contributed by atoms with Gasteiger partial charge in [-0.3, -0.25) is 4.90 Å². The van der Waals surface area contributed by atoms with Crippen molar-refractivity contribution in [3.63, 3.8) is 0 Å². The molecule has 0 aliphatic carbocycles. The van der Waals surface area contributed by atoms with Crippen LogP contribution in [0.15, 0.2) is 47.1 Å². The number of benzene rings is 1. The number of carbonyl (C=O) groups is 1. The molecule has 6 heteroatoms. The normalized spacial score (nSPS) is 25.7. The zero-order chi connectivity index (χ0) is 17.2. The number of halogens is 1. The summed E-state index contributed by atoms with van der Waals surface area (Å²) in [4.78, 5) is 14.8. The van der Waals surface area contributed by atoms with E-state index in [1.807, 2.05) is 12.1 Å². The summed E-state index contributed by atoms with van der Waals surface area (Å²) in [6, 6.07) is 12.2. The van der Waals surface area contributed by atoms with Gasteiger partial charge in [-0.1, -0.05) is 11.6 Å². The fraction of sp³-hybridized carbons (Fsp3) is 0.421. The first-order valence-electron chi connectivity index (χ1n) is 8.78. The molecule has 2 aliphatic heterocycles. The Morgan fingerprint density at radius 3 is 2.52 bits per heavy atom. The number of piperidine rings is 1. The van der Waals surface area contributed by atoms with Crippen LogP contribution < -0.4 is 10.6 Å². The van der Waals surface area contributed by atoms with Crippen LogP contribution in [0.1, 0.15) is 31.4 Å². The van der Waals surface area contributed by atoms with E-state index in [0.29, 0.717) is 17.1 Å². The number of nitrogens with zero attached hydrogens (tertiary/aromatic N) is 1. The topological polar surface area (TPSA) is 57.5 Å². The molecule has 5 nitrogen and oxygen atoms in total. The van der Waals surface area contributed by atoms with E-state index in [2.05, 4.69) is 15.5 Å². The minimum Gasteiger partial charge on any atom is -0.468 e. The van der Waals surface area contributed by atoms with E-state index in [0.717, 1.165) is 30.8 Å². The van der Waals surface area contributed by atoms with E-state index in [4.69, 9.17) is 16.0 Å². The second-order valence-corrected chi connectivity index (χ2v) is 7.35. The Morgan fingerprint density at radius 1 is 1.16 bits per heavy atom. The van der Waals surface area contributed by atoms with Crippen LogP contribution in [-0.4, -0.2) is 29.1 Å². The van der Waals surface area contributed by atoms with Gasteiger partial charge in [-0.2, -0.15) is 0 Å². The van der Waals surface area contributed by atoms with Crippen molar-refractivity contribution in [3.8, 4) is 0 Å². The molecule has 0 radical (unpaired) electrons. The van der Waals surface area contributed by atoms with Gasteiger partial charge in [0.2, 0.25) is 0 Å². The average Bonchev–Trinajstić information content (AvgIpc) is 3.17. The predicted molar refractivity (Wildman–Crippen MR) is 97.7 cm³/mol. The quantitative estimate of drug-likeness (QED) is 0.858. The molecule has 2 saturated heterocycles. The van der Waals surface area contributed by atoms with Gasteiger partial charge < -0.3 is 15.1 Å². The Balaban J connectivity index is 1.31. The van der Waals surface area contributed by atoms with E-state index in [1.54, 1.807) is 30.5 Å². The maximum absolute atomic E-state index is 12.3. The summed E-state index contributed by atoms with van der Waals surface area (Å²) >= 11 is 5.87. The molecule has 2 aliphatic rings. The second-order valence-electron chi connectivity index (χ2n) is 6.91. The van der Waals surface area contributed by atoms with Crippen molar-refractivity contribution in [2.75, 3.05) is 5.32 Å². The molecule has 2 N–H and O–H groups in total. The molecule has 0 saturated carbocycles. The van der Waals surface area contributed by atoms with Gasteiger partial charge in [-0.05, 0) is 62.1 Å². The van der Waals surface area contributed by atoms with E-state index in [-0.39, 0.29) is 12.1 Å². The highest BCUT2D eigenvalue weighted by Crippen LogP contribution is 2.36. The smallest absolute Gasteiger partial charge is 0.319 e. The number of fused-ring (bicyclic) bond motifs is 2. The maximum atomic E-state index is 12.3. The Bertz CT molecular complexity index is 703. The molecule has 1 aromatic carbocycles. The summed E-state index contributed by atoms with van der Waals surface area (Å²) in [5, 5.41) is 6.66. The number of furan rings is 1. The van der Waals surface area contributed by atoms with Crippen LogP contribution in [0.3, 0.4) is 0 Å². The molecular formula is C19H22ClN3O2. The molecule has 0 spiro atoms. The first kappa shape index (κ1) is 16.5. The molecule has 2 fully saturated rings. The lowest BCUT2D eigenvalue weighted by molar-refractivity contribution is 0.104. The van der Waals surface area contributed by atoms with Gasteiger partial charge in [0.25, 0.3) is 0 Å². The zero-order valence-corrected chi connectivity index (χ0v) is 14.7. The molecular weight excluding hydrogens is 338 g/mol. The first-order chi connectivity index (χ1) is 12.2. The summed E-state index contributed by atoms with van der Waals surface area (Å²) in [6.45, 7) is 0.867. The van der Waals surface area contributed by atoms with Crippen LogP contribution in [0.5, 0.6) is 0 Å². The SMILES string of the molecule is O=C(Nc1ccc(Cl)cc1)NC1CC2CCC(C1)N2Cc1ccco1. The third-order valence-corrected chi connectivity index (χ3v) is 5.49. The fourth-order valence-corrected chi connectivity index (χ4v) is 4.24. The third kappa shape index (κ3) is 3.83. The first-order valence-corrected chi connectivity index (χ1v) is 9.16. The third-order valence-electron chi connectivity index (χ3n) is 5.24. The average molecular weight is 360 g/mol. The zero-order valence-electron chi connectivity index (χ0n) is 14.0. The summed E-state index contributed by atoms with van der Waals surface area (Å²) < 4.78 is 5.50. The van der Waals surface area contributed by atoms with Crippen molar-refractivity contribution < 1.29 is 9.21 Å². The van der Waals surface area contributed by atoms with E-state index in [9.17, 15) is 4.79 Å². The molecule has 25 heavy (non-hydrogen) atoms. The molecule has 4 rings (SSSR count). The molecule has 1 aromatic heterocycles. The summed E-state index contributed by atoms with van der Waals surface area (Å²) in [5.74, 6) is 1.02. The molecule has 2 amide bonds. The van der Waals surface area contributed by atoms with Crippen LogP contribution in [-0.2, 0) is 6.54 Å². The van der Waals surface area contributed by atoms with Gasteiger partial charge in [-0.15, -0.1) is 0 Å². The molecule has 2 bridgehead atoms. The number of rotatable bonds is 4. The molecule has 3 heterocycles. The van der Waals surface area contributed by atoms with Crippen LogP contribution in [0.2, 0.25) is 5.02 Å². The van der Waals surface area contributed by atoms with Crippen molar-refractivity contribution in [2.24, 2.45) is 0 Å². The van der Waals surface area contributed by atoms with E-state index < -0.39 is 0 Å². The number of hydrogen-bond donors (Lipinski definition) is 2. The van der Waals surface area contributed by atoms with Gasteiger partial charge in [0.15, 0.2) is 0 Å². The number of hydrogen-bond acceptors (Lipinski definition) is 3. The van der Waals surface area contributed by atoms with Crippen LogP contribution in [0.25, 0.3) is 0 Å².